The van der Waals surface area contributed by atoms with Gasteiger partial charge in [-0.25, -0.2) is 4.98 Å². The van der Waals surface area contributed by atoms with Crippen LogP contribution in [0.3, 0.4) is 0 Å². The molecule has 0 aliphatic carbocycles. The molecule has 1 aromatic carbocycles. The second-order valence-corrected chi connectivity index (χ2v) is 4.19. The van der Waals surface area contributed by atoms with Crippen LogP contribution in [0.5, 0.6) is 11.6 Å². The van der Waals surface area contributed by atoms with E-state index in [1.807, 2.05) is 12.1 Å². The summed E-state index contributed by atoms with van der Waals surface area (Å²) >= 11 is 3.32. The van der Waals surface area contributed by atoms with E-state index in [4.69, 9.17) is 10.5 Å². The molecule has 1 aromatic heterocycles. The first-order chi connectivity index (χ1) is 8.16. The van der Waals surface area contributed by atoms with Gasteiger partial charge in [-0.05, 0) is 36.4 Å². The third kappa shape index (κ3) is 2.82. The lowest BCUT2D eigenvalue weighted by Gasteiger charge is -2.07. The minimum atomic E-state index is -0.565. The molecule has 0 saturated carbocycles. The van der Waals surface area contributed by atoms with Crippen molar-refractivity contribution in [3.05, 3.63) is 52.6 Å². The first kappa shape index (κ1) is 11.6. The van der Waals surface area contributed by atoms with E-state index in [0.29, 0.717) is 5.75 Å². The summed E-state index contributed by atoms with van der Waals surface area (Å²) in [5.74, 6) is 0.238. The number of hydrogen-bond donors (Lipinski definition) is 1. The lowest BCUT2D eigenvalue weighted by atomic mass is 10.2. The predicted octanol–water partition coefficient (Wildman–Crippen LogP) is 2.74. The molecule has 0 fully saturated rings. The van der Waals surface area contributed by atoms with Gasteiger partial charge in [0.15, 0.2) is 0 Å². The summed E-state index contributed by atoms with van der Waals surface area (Å²) in [7, 11) is 0. The molecule has 0 bridgehead atoms. The summed E-state index contributed by atoms with van der Waals surface area (Å²) in [6.07, 6.45) is 1.54. The maximum atomic E-state index is 11.2. The average molecular weight is 293 g/mol. The fourth-order valence-corrected chi connectivity index (χ4v) is 1.54. The molecule has 17 heavy (non-hydrogen) atoms. The van der Waals surface area contributed by atoms with Crippen LogP contribution >= 0.6 is 15.9 Å². The Morgan fingerprint density at radius 1 is 1.24 bits per heavy atom. The number of hydrogen-bond acceptors (Lipinski definition) is 3. The highest BCUT2D eigenvalue weighted by molar-refractivity contribution is 9.10. The van der Waals surface area contributed by atoms with Gasteiger partial charge in [0, 0.05) is 10.7 Å². The molecular formula is C12H9BrN2O2. The zero-order valence-electron chi connectivity index (χ0n) is 8.76. The van der Waals surface area contributed by atoms with Crippen molar-refractivity contribution in [1.82, 2.24) is 4.98 Å². The summed E-state index contributed by atoms with van der Waals surface area (Å²) in [5, 5.41) is 0. The lowest BCUT2D eigenvalue weighted by Crippen LogP contribution is -2.12. The second kappa shape index (κ2) is 4.97. The Morgan fingerprint density at radius 3 is 2.59 bits per heavy atom. The SMILES string of the molecule is NC(=O)c1cccnc1Oc1ccc(Br)cc1. The number of rotatable bonds is 3. The monoisotopic (exact) mass is 292 g/mol. The molecule has 5 heteroatoms. The van der Waals surface area contributed by atoms with E-state index in [9.17, 15) is 4.79 Å². The van der Waals surface area contributed by atoms with E-state index >= 15 is 0 Å². The molecule has 2 N–H and O–H groups in total. The maximum Gasteiger partial charge on any atom is 0.254 e. The number of carbonyl (C=O) groups excluding carboxylic acids is 1. The average Bonchev–Trinajstić information content (AvgIpc) is 2.32. The van der Waals surface area contributed by atoms with E-state index in [1.54, 1.807) is 30.5 Å². The van der Waals surface area contributed by atoms with Gasteiger partial charge in [-0.1, -0.05) is 15.9 Å². The van der Waals surface area contributed by atoms with E-state index in [1.165, 1.54) is 0 Å². The van der Waals surface area contributed by atoms with Crippen molar-refractivity contribution in [3.63, 3.8) is 0 Å². The Morgan fingerprint density at radius 2 is 1.94 bits per heavy atom. The number of nitrogens with two attached hydrogens (primary N) is 1. The first-order valence-electron chi connectivity index (χ1n) is 4.85. The van der Waals surface area contributed by atoms with Crippen LogP contribution in [0.15, 0.2) is 47.1 Å². The van der Waals surface area contributed by atoms with Crippen molar-refractivity contribution in [3.8, 4) is 11.6 Å². The summed E-state index contributed by atoms with van der Waals surface area (Å²) in [6, 6.07) is 10.4. The largest absolute Gasteiger partial charge is 0.438 e. The first-order valence-corrected chi connectivity index (χ1v) is 5.64. The molecule has 0 radical (unpaired) electrons. The van der Waals surface area contributed by atoms with Crippen molar-refractivity contribution in [1.29, 1.82) is 0 Å². The van der Waals surface area contributed by atoms with Crippen molar-refractivity contribution in [2.45, 2.75) is 0 Å². The van der Waals surface area contributed by atoms with Gasteiger partial charge in [-0.2, -0.15) is 0 Å². The van der Waals surface area contributed by atoms with Crippen LogP contribution in [-0.4, -0.2) is 10.9 Å². The lowest BCUT2D eigenvalue weighted by molar-refractivity contribution is 0.0997. The molecule has 0 aliphatic heterocycles. The van der Waals surface area contributed by atoms with Gasteiger partial charge < -0.3 is 10.5 Å². The standard InChI is InChI=1S/C12H9BrN2O2/c13-8-3-5-9(6-4-8)17-12-10(11(14)16)2-1-7-15-12/h1-7H,(H2,14,16). The molecule has 86 valence electrons. The van der Waals surface area contributed by atoms with Gasteiger partial charge in [0.25, 0.3) is 5.91 Å². The normalized spacial score (nSPS) is 9.94. The highest BCUT2D eigenvalue weighted by Gasteiger charge is 2.10. The Balaban J connectivity index is 2.30. The zero-order valence-corrected chi connectivity index (χ0v) is 10.3. The molecule has 1 heterocycles. The van der Waals surface area contributed by atoms with Crippen LogP contribution in [0.2, 0.25) is 0 Å². The third-order valence-electron chi connectivity index (χ3n) is 2.06. The fraction of sp³-hybridized carbons (Fsp3) is 0. The van der Waals surface area contributed by atoms with Crippen molar-refractivity contribution in [2.75, 3.05) is 0 Å². The van der Waals surface area contributed by atoms with Gasteiger partial charge in [-0.15, -0.1) is 0 Å². The quantitative estimate of drug-likeness (QED) is 0.946. The molecule has 0 aliphatic rings. The van der Waals surface area contributed by atoms with Crippen LogP contribution in [0, 0.1) is 0 Å². The summed E-state index contributed by atoms with van der Waals surface area (Å²) in [6.45, 7) is 0. The fourth-order valence-electron chi connectivity index (χ4n) is 1.27. The maximum absolute atomic E-state index is 11.2. The van der Waals surface area contributed by atoms with E-state index in [2.05, 4.69) is 20.9 Å². The third-order valence-corrected chi connectivity index (χ3v) is 2.59. The number of aromatic nitrogens is 1. The van der Waals surface area contributed by atoms with Gasteiger partial charge >= 0.3 is 0 Å². The number of carbonyl (C=O) groups is 1. The number of nitrogens with zero attached hydrogens (tertiary/aromatic N) is 1. The summed E-state index contributed by atoms with van der Waals surface area (Å²) < 4.78 is 6.44. The van der Waals surface area contributed by atoms with Gasteiger partial charge in [0.1, 0.15) is 11.3 Å². The van der Waals surface area contributed by atoms with Crippen molar-refractivity contribution >= 4 is 21.8 Å². The Labute approximate surface area is 107 Å². The smallest absolute Gasteiger partial charge is 0.254 e. The highest BCUT2D eigenvalue weighted by Crippen LogP contribution is 2.23. The summed E-state index contributed by atoms with van der Waals surface area (Å²) in [4.78, 5) is 15.1. The Bertz CT molecular complexity index is 540. The molecule has 0 saturated heterocycles. The van der Waals surface area contributed by atoms with Crippen molar-refractivity contribution < 1.29 is 9.53 Å². The van der Waals surface area contributed by atoms with Crippen LogP contribution in [0.4, 0.5) is 0 Å². The van der Waals surface area contributed by atoms with Gasteiger partial charge in [0.05, 0.1) is 0 Å². The number of primary amides is 1. The van der Waals surface area contributed by atoms with Gasteiger partial charge in [-0.3, -0.25) is 4.79 Å². The van der Waals surface area contributed by atoms with Crippen LogP contribution in [-0.2, 0) is 0 Å². The molecule has 2 rings (SSSR count). The molecular weight excluding hydrogens is 284 g/mol. The number of pyridine rings is 1. The minimum absolute atomic E-state index is 0.210. The topological polar surface area (TPSA) is 65.2 Å². The van der Waals surface area contributed by atoms with Gasteiger partial charge in [0.2, 0.25) is 5.88 Å². The number of amides is 1. The number of ether oxygens (including phenoxy) is 1. The number of halogens is 1. The Hall–Kier alpha value is -1.88. The van der Waals surface area contributed by atoms with Crippen LogP contribution < -0.4 is 10.5 Å². The van der Waals surface area contributed by atoms with E-state index in [-0.39, 0.29) is 11.4 Å². The van der Waals surface area contributed by atoms with Crippen molar-refractivity contribution in [2.24, 2.45) is 5.73 Å². The highest BCUT2D eigenvalue weighted by atomic mass is 79.9. The zero-order chi connectivity index (χ0) is 12.3. The van der Waals surface area contributed by atoms with Crippen LogP contribution in [0.25, 0.3) is 0 Å². The molecule has 0 unspecified atom stereocenters. The number of benzene rings is 1. The molecule has 1 amide bonds. The summed E-state index contributed by atoms with van der Waals surface area (Å²) in [5.41, 5.74) is 5.49. The molecule has 0 spiro atoms. The molecule has 2 aromatic rings. The predicted molar refractivity (Wildman–Crippen MR) is 67.0 cm³/mol. The molecule has 0 atom stereocenters. The Kier molecular flexibility index (Phi) is 3.39. The minimum Gasteiger partial charge on any atom is -0.438 e. The molecule has 4 nitrogen and oxygen atoms in total. The van der Waals surface area contributed by atoms with E-state index < -0.39 is 5.91 Å². The second-order valence-electron chi connectivity index (χ2n) is 3.28. The van der Waals surface area contributed by atoms with Crippen LogP contribution in [0.1, 0.15) is 10.4 Å². The van der Waals surface area contributed by atoms with E-state index in [0.717, 1.165) is 4.47 Å².